The van der Waals surface area contributed by atoms with E-state index in [-0.39, 0.29) is 5.75 Å². The van der Waals surface area contributed by atoms with E-state index < -0.39 is 0 Å². The Bertz CT molecular complexity index is 446. The Balaban J connectivity index is 2.08. The van der Waals surface area contributed by atoms with Crippen LogP contribution < -0.4 is 9.47 Å². The van der Waals surface area contributed by atoms with E-state index >= 15 is 0 Å². The highest BCUT2D eigenvalue weighted by molar-refractivity contribution is 5.52. The maximum Gasteiger partial charge on any atom is 0.200 e. The van der Waals surface area contributed by atoms with Crippen LogP contribution in [-0.2, 0) is 6.54 Å². The van der Waals surface area contributed by atoms with Crippen LogP contribution in [-0.4, -0.2) is 62.4 Å². The predicted octanol–water partition coefficient (Wildman–Crippen LogP) is 1.94. The summed E-state index contributed by atoms with van der Waals surface area (Å²) in [5.41, 5.74) is 1.09. The molecule has 0 amide bonds. The molecular formula is C16H26N2O3. The molecule has 0 unspecified atom stereocenters. The summed E-state index contributed by atoms with van der Waals surface area (Å²) in [4.78, 5) is 4.75. The van der Waals surface area contributed by atoms with E-state index in [1.54, 1.807) is 14.2 Å². The van der Waals surface area contributed by atoms with Crippen molar-refractivity contribution in [1.82, 2.24) is 9.80 Å². The Morgan fingerprint density at radius 2 is 1.71 bits per heavy atom. The third kappa shape index (κ3) is 3.80. The zero-order chi connectivity index (χ0) is 15.4. The van der Waals surface area contributed by atoms with Crippen LogP contribution in [0.4, 0.5) is 0 Å². The molecule has 0 spiro atoms. The maximum atomic E-state index is 9.96. The molecule has 1 heterocycles. The van der Waals surface area contributed by atoms with Gasteiger partial charge in [-0.15, -0.1) is 0 Å². The fraction of sp³-hybridized carbons (Fsp3) is 0.625. The zero-order valence-electron chi connectivity index (χ0n) is 13.4. The summed E-state index contributed by atoms with van der Waals surface area (Å²) < 4.78 is 10.4. The van der Waals surface area contributed by atoms with Gasteiger partial charge in [-0.25, -0.2) is 0 Å². The van der Waals surface area contributed by atoms with Crippen molar-refractivity contribution in [2.75, 3.05) is 41.4 Å². The number of benzene rings is 1. The standard InChI is InChI=1S/C16H26N2O3/c1-17-7-5-13(6-8-17)18(2)11-12-9-14(20-3)16(19)15(10-12)21-4/h9-10,13,19H,5-8,11H2,1-4H3. The number of ether oxygens (including phenoxy) is 2. The summed E-state index contributed by atoms with van der Waals surface area (Å²) in [5.74, 6) is 0.980. The molecule has 21 heavy (non-hydrogen) atoms. The van der Waals surface area contributed by atoms with Crippen molar-refractivity contribution in [2.45, 2.75) is 25.4 Å². The molecule has 0 bridgehead atoms. The Morgan fingerprint density at radius 3 is 2.19 bits per heavy atom. The number of aromatic hydroxyl groups is 1. The molecule has 2 rings (SSSR count). The van der Waals surface area contributed by atoms with Gasteiger partial charge in [0.2, 0.25) is 5.75 Å². The van der Waals surface area contributed by atoms with Crippen molar-refractivity contribution in [2.24, 2.45) is 0 Å². The number of rotatable bonds is 5. The number of phenolic OH excluding ortho intramolecular Hbond substituents is 1. The third-order valence-corrected chi connectivity index (χ3v) is 4.28. The number of nitrogens with zero attached hydrogens (tertiary/aromatic N) is 2. The molecular weight excluding hydrogens is 268 g/mol. The number of likely N-dealkylation sites (tertiary alicyclic amines) is 1. The molecule has 5 heteroatoms. The SMILES string of the molecule is COc1cc(CN(C)C2CCN(C)CC2)cc(OC)c1O. The van der Waals surface area contributed by atoms with Gasteiger partial charge in [0.1, 0.15) is 0 Å². The molecule has 0 aromatic heterocycles. The Morgan fingerprint density at radius 1 is 1.19 bits per heavy atom. The van der Waals surface area contributed by atoms with E-state index in [1.807, 2.05) is 12.1 Å². The minimum atomic E-state index is 0.0608. The van der Waals surface area contributed by atoms with Crippen molar-refractivity contribution < 1.29 is 14.6 Å². The van der Waals surface area contributed by atoms with Gasteiger partial charge < -0.3 is 19.5 Å². The van der Waals surface area contributed by atoms with Crippen molar-refractivity contribution in [3.8, 4) is 17.2 Å². The van der Waals surface area contributed by atoms with Crippen molar-refractivity contribution in [3.63, 3.8) is 0 Å². The van der Waals surface area contributed by atoms with Crippen LogP contribution in [0.5, 0.6) is 17.2 Å². The fourth-order valence-corrected chi connectivity index (χ4v) is 2.89. The molecule has 5 nitrogen and oxygen atoms in total. The first-order valence-corrected chi connectivity index (χ1v) is 7.37. The molecule has 0 aliphatic carbocycles. The van der Waals surface area contributed by atoms with Crippen LogP contribution in [0.3, 0.4) is 0 Å². The van der Waals surface area contributed by atoms with Crippen LogP contribution in [0.2, 0.25) is 0 Å². The lowest BCUT2D eigenvalue weighted by molar-refractivity contribution is 0.139. The van der Waals surface area contributed by atoms with Crippen LogP contribution in [0, 0.1) is 0 Å². The number of methoxy groups -OCH3 is 2. The second-order valence-electron chi connectivity index (χ2n) is 5.80. The van der Waals surface area contributed by atoms with E-state index in [4.69, 9.17) is 9.47 Å². The summed E-state index contributed by atoms with van der Waals surface area (Å²) in [5, 5.41) is 9.96. The predicted molar refractivity (Wildman–Crippen MR) is 83.2 cm³/mol. The first-order chi connectivity index (χ1) is 10.0. The molecule has 1 saturated heterocycles. The van der Waals surface area contributed by atoms with Crippen molar-refractivity contribution in [3.05, 3.63) is 17.7 Å². The number of piperidine rings is 1. The Hall–Kier alpha value is -1.46. The molecule has 1 aliphatic heterocycles. The quantitative estimate of drug-likeness (QED) is 0.899. The zero-order valence-corrected chi connectivity index (χ0v) is 13.4. The molecule has 1 fully saturated rings. The van der Waals surface area contributed by atoms with E-state index in [0.717, 1.165) is 25.2 Å². The second-order valence-corrected chi connectivity index (χ2v) is 5.80. The van der Waals surface area contributed by atoms with Crippen molar-refractivity contribution in [1.29, 1.82) is 0 Å². The molecule has 1 aromatic rings. The normalized spacial score (nSPS) is 17.2. The molecule has 1 aliphatic rings. The maximum absolute atomic E-state index is 9.96. The van der Waals surface area contributed by atoms with Gasteiger partial charge in [0.15, 0.2) is 11.5 Å². The minimum Gasteiger partial charge on any atom is -0.502 e. The summed E-state index contributed by atoms with van der Waals surface area (Å²) in [6.45, 7) is 3.12. The molecule has 1 N–H and O–H groups in total. The average molecular weight is 294 g/mol. The van der Waals surface area contributed by atoms with Gasteiger partial charge in [-0.3, -0.25) is 4.90 Å². The Kier molecular flexibility index (Phi) is 5.31. The van der Waals surface area contributed by atoms with Gasteiger partial charge in [0, 0.05) is 12.6 Å². The first-order valence-electron chi connectivity index (χ1n) is 7.37. The van der Waals surface area contributed by atoms with E-state index in [1.165, 1.54) is 12.8 Å². The highest BCUT2D eigenvalue weighted by atomic mass is 16.5. The smallest absolute Gasteiger partial charge is 0.200 e. The highest BCUT2D eigenvalue weighted by Crippen LogP contribution is 2.37. The topological polar surface area (TPSA) is 45.2 Å². The highest BCUT2D eigenvalue weighted by Gasteiger charge is 2.21. The van der Waals surface area contributed by atoms with E-state index in [0.29, 0.717) is 17.5 Å². The molecule has 1 aromatic carbocycles. The summed E-state index contributed by atoms with van der Waals surface area (Å²) in [6.07, 6.45) is 2.39. The Labute approximate surface area is 127 Å². The fourth-order valence-electron chi connectivity index (χ4n) is 2.89. The lowest BCUT2D eigenvalue weighted by Crippen LogP contribution is -2.41. The van der Waals surface area contributed by atoms with E-state index in [2.05, 4.69) is 23.9 Å². The largest absolute Gasteiger partial charge is 0.502 e. The van der Waals surface area contributed by atoms with Crippen LogP contribution in [0.1, 0.15) is 18.4 Å². The van der Waals surface area contributed by atoms with E-state index in [9.17, 15) is 5.11 Å². The summed E-state index contributed by atoms with van der Waals surface area (Å²) in [7, 11) is 7.44. The molecule has 0 saturated carbocycles. The van der Waals surface area contributed by atoms with Gasteiger partial charge in [-0.1, -0.05) is 0 Å². The average Bonchev–Trinajstić information content (AvgIpc) is 2.49. The van der Waals surface area contributed by atoms with Crippen LogP contribution in [0.25, 0.3) is 0 Å². The van der Waals surface area contributed by atoms with Gasteiger partial charge in [-0.05, 0) is 57.7 Å². The van der Waals surface area contributed by atoms with Crippen LogP contribution in [0.15, 0.2) is 12.1 Å². The number of phenols is 1. The number of hydrogen-bond acceptors (Lipinski definition) is 5. The van der Waals surface area contributed by atoms with Gasteiger partial charge >= 0.3 is 0 Å². The lowest BCUT2D eigenvalue weighted by atomic mass is 10.0. The van der Waals surface area contributed by atoms with Crippen molar-refractivity contribution >= 4 is 0 Å². The third-order valence-electron chi connectivity index (χ3n) is 4.28. The molecule has 118 valence electrons. The first kappa shape index (κ1) is 15.9. The minimum absolute atomic E-state index is 0.0608. The monoisotopic (exact) mass is 294 g/mol. The second kappa shape index (κ2) is 7.00. The summed E-state index contributed by atoms with van der Waals surface area (Å²) in [6, 6.07) is 4.36. The van der Waals surface area contributed by atoms with Crippen LogP contribution >= 0.6 is 0 Å². The summed E-state index contributed by atoms with van der Waals surface area (Å²) >= 11 is 0. The number of hydrogen-bond donors (Lipinski definition) is 1. The van der Waals surface area contributed by atoms with Gasteiger partial charge in [0.05, 0.1) is 14.2 Å². The van der Waals surface area contributed by atoms with Gasteiger partial charge in [-0.2, -0.15) is 0 Å². The molecule has 0 radical (unpaired) electrons. The lowest BCUT2D eigenvalue weighted by Gasteiger charge is -2.35. The van der Waals surface area contributed by atoms with Gasteiger partial charge in [0.25, 0.3) is 0 Å². The molecule has 0 atom stereocenters.